The minimum absolute atomic E-state index is 0.0672. The first-order chi connectivity index (χ1) is 16.9. The van der Waals surface area contributed by atoms with E-state index in [2.05, 4.69) is 10.6 Å². The first-order valence-corrected chi connectivity index (χ1v) is 11.7. The van der Waals surface area contributed by atoms with Gasteiger partial charge in [0.2, 0.25) is 18.6 Å². The summed E-state index contributed by atoms with van der Waals surface area (Å²) in [6.45, 7) is 0.617. The molecule has 5 rings (SSSR count). The van der Waals surface area contributed by atoms with Crippen molar-refractivity contribution in [3.05, 3.63) is 47.0 Å². The number of benzene rings is 2. The second kappa shape index (κ2) is 9.63. The maximum Gasteiger partial charge on any atom is 0.328 e. The van der Waals surface area contributed by atoms with Crippen LogP contribution in [0.5, 0.6) is 17.2 Å². The van der Waals surface area contributed by atoms with Crippen molar-refractivity contribution >= 4 is 35.1 Å². The number of hydrogen-bond acceptors (Lipinski definition) is 7. The molecule has 0 radical (unpaired) electrons. The van der Waals surface area contributed by atoms with Gasteiger partial charge in [0.15, 0.2) is 11.5 Å². The molecule has 2 atom stereocenters. The third-order valence-corrected chi connectivity index (χ3v) is 6.58. The van der Waals surface area contributed by atoms with Gasteiger partial charge in [-0.1, -0.05) is 17.7 Å². The number of nitrogens with zero attached hydrogens (tertiary/aromatic N) is 2. The van der Waals surface area contributed by atoms with Crippen LogP contribution in [-0.4, -0.2) is 60.8 Å². The molecule has 3 aliphatic heterocycles. The average molecular weight is 501 g/mol. The Bertz CT molecular complexity index is 1170. The number of methoxy groups -OCH3 is 1. The highest BCUT2D eigenvalue weighted by atomic mass is 35.5. The summed E-state index contributed by atoms with van der Waals surface area (Å²) in [4.78, 5) is 42.4. The van der Waals surface area contributed by atoms with Gasteiger partial charge in [0.1, 0.15) is 12.3 Å². The van der Waals surface area contributed by atoms with Crippen LogP contribution >= 0.6 is 11.6 Å². The number of hydrogen-bond donors (Lipinski definition) is 2. The quantitative estimate of drug-likeness (QED) is 0.627. The maximum atomic E-state index is 13.5. The van der Waals surface area contributed by atoms with Crippen molar-refractivity contribution in [3.8, 4) is 17.2 Å². The lowest BCUT2D eigenvalue weighted by Gasteiger charge is -2.46. The third kappa shape index (κ3) is 4.59. The number of ether oxygens (including phenoxy) is 3. The van der Waals surface area contributed by atoms with Gasteiger partial charge in [-0.3, -0.25) is 24.7 Å². The molecular formula is C24H25ClN4O6. The minimum atomic E-state index is -0.552. The summed E-state index contributed by atoms with van der Waals surface area (Å²) in [7, 11) is 1.49. The summed E-state index contributed by atoms with van der Waals surface area (Å²) in [6, 6.07) is 9.66. The number of fused-ring (bicyclic) bond motifs is 2. The zero-order valence-electron chi connectivity index (χ0n) is 19.1. The zero-order valence-corrected chi connectivity index (χ0v) is 19.8. The number of imide groups is 1. The van der Waals surface area contributed by atoms with Gasteiger partial charge in [0.05, 0.1) is 31.4 Å². The van der Waals surface area contributed by atoms with Gasteiger partial charge < -0.3 is 19.5 Å². The Morgan fingerprint density at radius 3 is 2.86 bits per heavy atom. The third-order valence-electron chi connectivity index (χ3n) is 6.35. The van der Waals surface area contributed by atoms with Crippen LogP contribution in [0, 0.1) is 5.92 Å². The van der Waals surface area contributed by atoms with E-state index in [9.17, 15) is 14.4 Å². The number of nitrogens with one attached hydrogen (secondary N) is 2. The molecule has 4 amide bonds. The highest BCUT2D eigenvalue weighted by Gasteiger charge is 2.47. The maximum absolute atomic E-state index is 13.5. The number of carbonyl (C=O) groups excluding carboxylic acids is 3. The first kappa shape index (κ1) is 23.3. The molecule has 2 unspecified atom stereocenters. The monoisotopic (exact) mass is 500 g/mol. The van der Waals surface area contributed by atoms with E-state index >= 15 is 0 Å². The number of anilines is 1. The Hall–Kier alpha value is -3.50. The van der Waals surface area contributed by atoms with Crippen molar-refractivity contribution in [1.29, 1.82) is 0 Å². The molecule has 0 saturated carbocycles. The highest BCUT2D eigenvalue weighted by molar-refractivity contribution is 6.31. The predicted molar refractivity (Wildman–Crippen MR) is 126 cm³/mol. The topological polar surface area (TPSA) is 109 Å². The van der Waals surface area contributed by atoms with E-state index in [0.29, 0.717) is 40.9 Å². The predicted octanol–water partition coefficient (Wildman–Crippen LogP) is 2.81. The molecule has 3 aliphatic rings. The number of amides is 4. The molecule has 2 aromatic carbocycles. The van der Waals surface area contributed by atoms with Gasteiger partial charge in [0, 0.05) is 5.02 Å². The molecule has 0 aliphatic carbocycles. The lowest BCUT2D eigenvalue weighted by molar-refractivity contribution is -0.143. The van der Waals surface area contributed by atoms with E-state index in [1.165, 1.54) is 16.9 Å². The average Bonchev–Trinajstić information content (AvgIpc) is 3.32. The van der Waals surface area contributed by atoms with Crippen molar-refractivity contribution in [2.45, 2.75) is 25.6 Å². The van der Waals surface area contributed by atoms with Crippen molar-refractivity contribution < 1.29 is 28.6 Å². The Morgan fingerprint density at radius 1 is 1.20 bits per heavy atom. The largest absolute Gasteiger partial charge is 0.495 e. The number of rotatable bonds is 6. The molecule has 0 aromatic heterocycles. The first-order valence-electron chi connectivity index (χ1n) is 11.3. The number of urea groups is 1. The van der Waals surface area contributed by atoms with Crippen LogP contribution in [0.15, 0.2) is 36.4 Å². The Labute approximate surface area is 207 Å². The second-order valence-electron chi connectivity index (χ2n) is 8.56. The van der Waals surface area contributed by atoms with Crippen LogP contribution in [0.2, 0.25) is 5.02 Å². The van der Waals surface area contributed by atoms with Crippen molar-refractivity contribution in [2.75, 3.05) is 32.3 Å². The van der Waals surface area contributed by atoms with E-state index in [1.54, 1.807) is 36.4 Å². The summed E-state index contributed by atoms with van der Waals surface area (Å²) in [5.74, 6) is 0.519. The zero-order chi connectivity index (χ0) is 24.5. The number of halogens is 1. The van der Waals surface area contributed by atoms with Gasteiger partial charge in [0.25, 0.3) is 0 Å². The Morgan fingerprint density at radius 2 is 2.03 bits per heavy atom. The van der Waals surface area contributed by atoms with Gasteiger partial charge in [-0.05, 0) is 55.3 Å². The van der Waals surface area contributed by atoms with Crippen LogP contribution in [0.4, 0.5) is 10.5 Å². The smallest absolute Gasteiger partial charge is 0.328 e. The van der Waals surface area contributed by atoms with Gasteiger partial charge in [-0.2, -0.15) is 0 Å². The van der Waals surface area contributed by atoms with Crippen molar-refractivity contribution in [2.24, 2.45) is 5.92 Å². The van der Waals surface area contributed by atoms with E-state index in [0.717, 1.165) is 12.0 Å². The molecule has 184 valence electrons. The van der Waals surface area contributed by atoms with Gasteiger partial charge in [-0.15, -0.1) is 0 Å². The van der Waals surface area contributed by atoms with E-state index < -0.39 is 24.0 Å². The van der Waals surface area contributed by atoms with Crippen LogP contribution in [0.1, 0.15) is 18.4 Å². The molecule has 10 nitrogen and oxygen atoms in total. The van der Waals surface area contributed by atoms with E-state index in [4.69, 9.17) is 25.8 Å². The van der Waals surface area contributed by atoms with Crippen molar-refractivity contribution in [1.82, 2.24) is 15.1 Å². The molecule has 2 aromatic rings. The highest BCUT2D eigenvalue weighted by Crippen LogP contribution is 2.34. The van der Waals surface area contributed by atoms with E-state index in [1.807, 2.05) is 0 Å². The minimum Gasteiger partial charge on any atom is -0.495 e. The summed E-state index contributed by atoms with van der Waals surface area (Å²) >= 11 is 6.07. The lowest BCUT2D eigenvalue weighted by Crippen LogP contribution is -2.68. The van der Waals surface area contributed by atoms with Crippen LogP contribution in [0.3, 0.4) is 0 Å². The summed E-state index contributed by atoms with van der Waals surface area (Å²) in [6.07, 6.45) is 0.879. The number of piperidine rings is 1. The molecule has 2 N–H and O–H groups in total. The molecular weight excluding hydrogens is 476 g/mol. The summed E-state index contributed by atoms with van der Waals surface area (Å²) in [5.41, 5.74) is 1.13. The molecule has 2 fully saturated rings. The SMILES string of the molecule is COc1ccc(Cl)cc1NC(=O)CN1C(=O)N(Cc2ccc3c(c2)OCO3)C(=O)C2CCCNC21. The molecule has 3 heterocycles. The lowest BCUT2D eigenvalue weighted by atomic mass is 9.91. The van der Waals surface area contributed by atoms with E-state index in [-0.39, 0.29) is 25.8 Å². The molecule has 11 heteroatoms. The van der Waals surface area contributed by atoms with Gasteiger partial charge in [-0.25, -0.2) is 4.79 Å². The fraction of sp³-hybridized carbons (Fsp3) is 0.375. The summed E-state index contributed by atoms with van der Waals surface area (Å²) < 4.78 is 16.1. The summed E-state index contributed by atoms with van der Waals surface area (Å²) in [5, 5.41) is 6.45. The molecule has 0 spiro atoms. The standard InChI is InChI=1S/C24H25ClN4O6/c1-33-18-7-5-15(25)10-17(18)27-21(30)12-28-22-16(3-2-8-26-22)23(31)29(24(28)32)11-14-4-6-19-20(9-14)35-13-34-19/h4-7,9-10,16,22,26H,2-3,8,11-13H2,1H3,(H,27,30). The van der Waals surface area contributed by atoms with Crippen LogP contribution < -0.4 is 24.8 Å². The second-order valence-corrected chi connectivity index (χ2v) is 9.00. The number of carbonyl (C=O) groups is 3. The molecule has 0 bridgehead atoms. The van der Waals surface area contributed by atoms with Gasteiger partial charge >= 0.3 is 6.03 Å². The van der Waals surface area contributed by atoms with Crippen LogP contribution in [0.25, 0.3) is 0 Å². The molecule has 35 heavy (non-hydrogen) atoms. The molecule has 2 saturated heterocycles. The van der Waals surface area contributed by atoms with Crippen molar-refractivity contribution in [3.63, 3.8) is 0 Å². The van der Waals surface area contributed by atoms with Crippen LogP contribution in [-0.2, 0) is 16.1 Å². The fourth-order valence-corrected chi connectivity index (χ4v) is 4.85. The normalized spacial score (nSPS) is 21.1. The Kier molecular flexibility index (Phi) is 6.40. The Balaban J connectivity index is 1.36. The fourth-order valence-electron chi connectivity index (χ4n) is 4.68.